The fraction of sp³-hybridized carbons (Fsp3) is 0.308. The van der Waals surface area contributed by atoms with Crippen LogP contribution in [0.25, 0.3) is 12.2 Å². The Morgan fingerprint density at radius 1 is 1.03 bits per heavy atom. The molecule has 0 aliphatic carbocycles. The first kappa shape index (κ1) is 27.4. The second kappa shape index (κ2) is 11.7. The fourth-order valence-corrected chi connectivity index (χ4v) is 3.21. The molecule has 1 amide bonds. The normalized spacial score (nSPS) is 12.8. The van der Waals surface area contributed by atoms with E-state index in [9.17, 15) is 22.8 Å². The zero-order valence-electron chi connectivity index (χ0n) is 20.4. The van der Waals surface area contributed by atoms with E-state index in [1.54, 1.807) is 13.8 Å². The number of nitrogens with one attached hydrogen (secondary N) is 1. The largest absolute Gasteiger partial charge is 0.464 e. The Bertz CT molecular complexity index is 1220. The van der Waals surface area contributed by atoms with Crippen LogP contribution in [0.2, 0.25) is 0 Å². The molecule has 3 rings (SSSR count). The molecule has 1 atom stereocenters. The fourth-order valence-electron chi connectivity index (χ4n) is 3.21. The molecule has 1 aromatic heterocycles. The van der Waals surface area contributed by atoms with Gasteiger partial charge in [0.25, 0.3) is 5.89 Å². The SMILES string of the molecule is CC(=O)OC[C@@H](NC(=O)OCc1ccccc1)C(C)(C)c1noc(C=Cc2ccc(C(F)(F)F)cc2)n1. The van der Waals surface area contributed by atoms with Crippen LogP contribution in [0.4, 0.5) is 18.0 Å². The summed E-state index contributed by atoms with van der Waals surface area (Å²) in [6.45, 7) is 4.58. The highest BCUT2D eigenvalue weighted by atomic mass is 19.4. The summed E-state index contributed by atoms with van der Waals surface area (Å²) in [4.78, 5) is 28.2. The summed E-state index contributed by atoms with van der Waals surface area (Å²) in [5.41, 5.74) is -0.413. The van der Waals surface area contributed by atoms with E-state index < -0.39 is 35.3 Å². The predicted molar refractivity (Wildman–Crippen MR) is 128 cm³/mol. The molecule has 0 unspecified atom stereocenters. The van der Waals surface area contributed by atoms with Gasteiger partial charge in [-0.05, 0) is 29.3 Å². The molecule has 37 heavy (non-hydrogen) atoms. The van der Waals surface area contributed by atoms with Gasteiger partial charge in [0.15, 0.2) is 5.82 Å². The van der Waals surface area contributed by atoms with Crippen molar-refractivity contribution in [2.24, 2.45) is 0 Å². The molecule has 1 heterocycles. The number of aromatic nitrogens is 2. The van der Waals surface area contributed by atoms with Crippen LogP contribution in [0.15, 0.2) is 59.1 Å². The molecule has 0 radical (unpaired) electrons. The summed E-state index contributed by atoms with van der Waals surface area (Å²) in [7, 11) is 0. The predicted octanol–water partition coefficient (Wildman–Crippen LogP) is 5.39. The molecule has 3 aromatic rings. The lowest BCUT2D eigenvalue weighted by Crippen LogP contribution is -2.51. The van der Waals surface area contributed by atoms with Gasteiger partial charge in [0, 0.05) is 13.0 Å². The Morgan fingerprint density at radius 3 is 2.32 bits per heavy atom. The maximum Gasteiger partial charge on any atom is 0.416 e. The van der Waals surface area contributed by atoms with E-state index in [1.165, 1.54) is 31.2 Å². The van der Waals surface area contributed by atoms with Gasteiger partial charge in [0.1, 0.15) is 13.2 Å². The molecule has 0 aliphatic heterocycles. The number of halogens is 3. The van der Waals surface area contributed by atoms with Gasteiger partial charge >= 0.3 is 18.2 Å². The number of nitrogens with zero attached hydrogens (tertiary/aromatic N) is 2. The number of ether oxygens (including phenoxy) is 2. The van der Waals surface area contributed by atoms with Crippen molar-refractivity contribution < 1.29 is 36.8 Å². The summed E-state index contributed by atoms with van der Waals surface area (Å²) in [5.74, 6) is -0.227. The highest BCUT2D eigenvalue weighted by Crippen LogP contribution is 2.29. The molecule has 0 saturated heterocycles. The average Bonchev–Trinajstić information content (AvgIpc) is 3.34. The Labute approximate surface area is 211 Å². The van der Waals surface area contributed by atoms with E-state index >= 15 is 0 Å². The maximum atomic E-state index is 12.7. The van der Waals surface area contributed by atoms with Gasteiger partial charge in [-0.15, -0.1) is 0 Å². The molecule has 0 bridgehead atoms. The second-order valence-electron chi connectivity index (χ2n) is 8.69. The zero-order chi connectivity index (χ0) is 27.1. The van der Waals surface area contributed by atoms with Gasteiger partial charge in [-0.2, -0.15) is 18.2 Å². The Balaban J connectivity index is 1.70. The Morgan fingerprint density at radius 2 is 1.70 bits per heavy atom. The molecule has 1 N–H and O–H groups in total. The van der Waals surface area contributed by atoms with E-state index in [-0.39, 0.29) is 24.9 Å². The number of carbonyl (C=O) groups is 2. The van der Waals surface area contributed by atoms with Crippen molar-refractivity contribution in [3.8, 4) is 0 Å². The van der Waals surface area contributed by atoms with Gasteiger partial charge in [0.05, 0.1) is 17.0 Å². The first-order valence-electron chi connectivity index (χ1n) is 11.3. The third kappa shape index (κ3) is 7.92. The van der Waals surface area contributed by atoms with Crippen LogP contribution in [0.5, 0.6) is 0 Å². The summed E-state index contributed by atoms with van der Waals surface area (Å²) < 4.78 is 53.9. The number of rotatable bonds is 9. The topological polar surface area (TPSA) is 104 Å². The van der Waals surface area contributed by atoms with Gasteiger partial charge in [-0.3, -0.25) is 4.79 Å². The number of esters is 1. The number of benzene rings is 2. The van der Waals surface area contributed by atoms with Gasteiger partial charge in [-0.25, -0.2) is 4.79 Å². The quantitative estimate of drug-likeness (QED) is 0.379. The standard InChI is InChI=1S/C26H26F3N3O5/c1-17(33)35-16-21(30-24(34)36-15-19-7-5-4-6-8-19)25(2,3)23-31-22(37-32-23)14-11-18-9-12-20(13-10-18)26(27,28)29/h4-14,21H,15-16H2,1-3H3,(H,30,34)/t21-/m1/s1. The number of alkyl carbamates (subject to hydrolysis) is 1. The van der Waals surface area contributed by atoms with Crippen molar-refractivity contribution in [2.45, 2.75) is 45.0 Å². The molecule has 11 heteroatoms. The molecule has 2 aromatic carbocycles. The second-order valence-corrected chi connectivity index (χ2v) is 8.69. The monoisotopic (exact) mass is 517 g/mol. The highest BCUT2D eigenvalue weighted by molar-refractivity contribution is 5.69. The number of carbonyl (C=O) groups excluding carboxylic acids is 2. The van der Waals surface area contributed by atoms with Crippen molar-refractivity contribution in [1.29, 1.82) is 0 Å². The molecule has 0 fully saturated rings. The number of hydrogen-bond acceptors (Lipinski definition) is 7. The first-order valence-corrected chi connectivity index (χ1v) is 11.3. The molecule has 8 nitrogen and oxygen atoms in total. The van der Waals surface area contributed by atoms with Crippen molar-refractivity contribution in [1.82, 2.24) is 15.5 Å². The smallest absolute Gasteiger partial charge is 0.416 e. The maximum absolute atomic E-state index is 12.7. The minimum absolute atomic E-state index is 0.0501. The van der Waals surface area contributed by atoms with Crippen molar-refractivity contribution in [2.75, 3.05) is 6.61 Å². The first-order chi connectivity index (χ1) is 17.4. The summed E-state index contributed by atoms with van der Waals surface area (Å²) in [6, 6.07) is 12.9. The van der Waals surface area contributed by atoms with Gasteiger partial charge in [0.2, 0.25) is 0 Å². The molecular formula is C26H26F3N3O5. The van der Waals surface area contributed by atoms with Crippen LogP contribution in [-0.4, -0.2) is 34.9 Å². The van der Waals surface area contributed by atoms with E-state index in [2.05, 4.69) is 15.5 Å². The van der Waals surface area contributed by atoms with Crippen LogP contribution < -0.4 is 5.32 Å². The van der Waals surface area contributed by atoms with Gasteiger partial charge in [-0.1, -0.05) is 61.5 Å². The van der Waals surface area contributed by atoms with Crippen LogP contribution >= 0.6 is 0 Å². The van der Waals surface area contributed by atoms with Crippen molar-refractivity contribution in [3.63, 3.8) is 0 Å². The Hall–Kier alpha value is -4.15. The van der Waals surface area contributed by atoms with Gasteiger partial charge < -0.3 is 19.3 Å². The highest BCUT2D eigenvalue weighted by Gasteiger charge is 2.38. The molecule has 196 valence electrons. The minimum atomic E-state index is -4.42. The zero-order valence-corrected chi connectivity index (χ0v) is 20.4. The van der Waals surface area contributed by atoms with E-state index in [1.807, 2.05) is 30.3 Å². The lowest BCUT2D eigenvalue weighted by Gasteiger charge is -2.31. The summed E-state index contributed by atoms with van der Waals surface area (Å²) >= 11 is 0. The van der Waals surface area contributed by atoms with E-state index in [0.29, 0.717) is 5.56 Å². The molecular weight excluding hydrogens is 491 g/mol. The lowest BCUT2D eigenvalue weighted by atomic mass is 9.84. The third-order valence-electron chi connectivity index (χ3n) is 5.50. The van der Waals surface area contributed by atoms with Crippen molar-refractivity contribution in [3.05, 3.63) is 83.0 Å². The number of amides is 1. The lowest BCUT2D eigenvalue weighted by molar-refractivity contribution is -0.142. The number of hydrogen-bond donors (Lipinski definition) is 1. The third-order valence-corrected chi connectivity index (χ3v) is 5.50. The van der Waals surface area contributed by atoms with E-state index in [0.717, 1.165) is 17.7 Å². The summed E-state index contributed by atoms with van der Waals surface area (Å²) in [6.07, 6.45) is -2.16. The number of alkyl halides is 3. The average molecular weight is 518 g/mol. The van der Waals surface area contributed by atoms with E-state index in [4.69, 9.17) is 14.0 Å². The van der Waals surface area contributed by atoms with Crippen LogP contribution in [0, 0.1) is 0 Å². The van der Waals surface area contributed by atoms with Crippen LogP contribution in [-0.2, 0) is 32.5 Å². The molecule has 0 saturated carbocycles. The minimum Gasteiger partial charge on any atom is -0.464 e. The van der Waals surface area contributed by atoms with Crippen LogP contribution in [0.1, 0.15) is 49.2 Å². The van der Waals surface area contributed by atoms with Crippen molar-refractivity contribution >= 4 is 24.2 Å². The summed E-state index contributed by atoms with van der Waals surface area (Å²) in [5, 5.41) is 6.67. The molecule has 0 spiro atoms. The Kier molecular flexibility index (Phi) is 8.69. The van der Waals surface area contributed by atoms with Crippen LogP contribution in [0.3, 0.4) is 0 Å². The molecule has 0 aliphatic rings.